The minimum Gasteiger partial charge on any atom is -0.356 e. The predicted octanol–water partition coefficient (Wildman–Crippen LogP) is 0.853. The zero-order valence-corrected chi connectivity index (χ0v) is 8.84. The molecular weight excluding hydrogens is 164 g/mol. The largest absolute Gasteiger partial charge is 0.356 e. The van der Waals surface area contributed by atoms with Gasteiger partial charge in [0.05, 0.1) is 0 Å². The van der Waals surface area contributed by atoms with E-state index in [4.69, 9.17) is 0 Å². The highest BCUT2D eigenvalue weighted by Gasteiger charge is 2.20. The van der Waals surface area contributed by atoms with E-state index in [-0.39, 0.29) is 5.91 Å². The van der Waals surface area contributed by atoms with E-state index in [0.29, 0.717) is 18.4 Å². The third-order valence-corrected chi connectivity index (χ3v) is 2.92. The molecule has 0 aliphatic carbocycles. The monoisotopic (exact) mass is 184 g/mol. The second kappa shape index (κ2) is 4.61. The maximum absolute atomic E-state index is 10.9. The zero-order chi connectivity index (χ0) is 9.84. The molecule has 76 valence electrons. The van der Waals surface area contributed by atoms with Crippen LogP contribution in [0.3, 0.4) is 0 Å². The lowest BCUT2D eigenvalue weighted by atomic mass is 9.92. The summed E-state index contributed by atoms with van der Waals surface area (Å²) >= 11 is 0. The van der Waals surface area contributed by atoms with Crippen LogP contribution in [0.15, 0.2) is 0 Å². The molecule has 1 rings (SSSR count). The van der Waals surface area contributed by atoms with Crippen molar-refractivity contribution < 1.29 is 4.79 Å². The quantitative estimate of drug-likeness (QED) is 0.705. The summed E-state index contributed by atoms with van der Waals surface area (Å²) in [5.41, 5.74) is 0. The van der Waals surface area contributed by atoms with E-state index in [1.165, 1.54) is 6.42 Å². The van der Waals surface area contributed by atoms with Crippen LogP contribution < -0.4 is 5.32 Å². The molecule has 1 N–H and O–H groups in total. The first-order valence-electron chi connectivity index (χ1n) is 5.02. The molecule has 1 aliphatic heterocycles. The number of hydrogen-bond acceptors (Lipinski definition) is 2. The standard InChI is InChI=1S/C10H20N2O/c1-8(12(2)3)6-9-4-5-10(13)11-7-9/h8-9H,4-7H2,1-3H3,(H,11,13). The Morgan fingerprint density at radius 2 is 2.31 bits per heavy atom. The van der Waals surface area contributed by atoms with Gasteiger partial charge in [0, 0.05) is 19.0 Å². The van der Waals surface area contributed by atoms with Gasteiger partial charge in [-0.15, -0.1) is 0 Å². The van der Waals surface area contributed by atoms with Crippen molar-refractivity contribution in [1.82, 2.24) is 10.2 Å². The molecule has 3 heteroatoms. The number of rotatable bonds is 3. The summed E-state index contributed by atoms with van der Waals surface area (Å²) in [5, 5.41) is 2.92. The van der Waals surface area contributed by atoms with Crippen molar-refractivity contribution in [3.63, 3.8) is 0 Å². The highest BCUT2D eigenvalue weighted by Crippen LogP contribution is 2.17. The van der Waals surface area contributed by atoms with Gasteiger partial charge in [-0.25, -0.2) is 0 Å². The second-order valence-corrected chi connectivity index (χ2v) is 4.26. The van der Waals surface area contributed by atoms with Crippen molar-refractivity contribution >= 4 is 5.91 Å². The molecular formula is C10H20N2O. The highest BCUT2D eigenvalue weighted by molar-refractivity contribution is 5.76. The van der Waals surface area contributed by atoms with Gasteiger partial charge in [0.15, 0.2) is 0 Å². The zero-order valence-electron chi connectivity index (χ0n) is 8.84. The van der Waals surface area contributed by atoms with Gasteiger partial charge in [0.2, 0.25) is 5.91 Å². The fourth-order valence-corrected chi connectivity index (χ4v) is 1.68. The Bertz CT molecular complexity index is 170. The number of hydrogen-bond donors (Lipinski definition) is 1. The molecule has 1 saturated heterocycles. The van der Waals surface area contributed by atoms with E-state index in [0.717, 1.165) is 13.0 Å². The Morgan fingerprint density at radius 1 is 1.62 bits per heavy atom. The SMILES string of the molecule is CC(CC1CCC(=O)NC1)N(C)C. The molecule has 0 saturated carbocycles. The van der Waals surface area contributed by atoms with Crippen molar-refractivity contribution in [3.05, 3.63) is 0 Å². The molecule has 2 unspecified atom stereocenters. The third-order valence-electron chi connectivity index (χ3n) is 2.92. The van der Waals surface area contributed by atoms with E-state index in [1.54, 1.807) is 0 Å². The van der Waals surface area contributed by atoms with E-state index in [2.05, 4.69) is 31.2 Å². The molecule has 0 bridgehead atoms. The van der Waals surface area contributed by atoms with Crippen LogP contribution in [0, 0.1) is 5.92 Å². The van der Waals surface area contributed by atoms with Crippen molar-refractivity contribution in [3.8, 4) is 0 Å². The highest BCUT2D eigenvalue weighted by atomic mass is 16.1. The van der Waals surface area contributed by atoms with Crippen LogP contribution in [0.2, 0.25) is 0 Å². The Labute approximate surface area is 80.5 Å². The maximum atomic E-state index is 10.9. The van der Waals surface area contributed by atoms with Gasteiger partial charge < -0.3 is 10.2 Å². The average molecular weight is 184 g/mol. The number of nitrogens with one attached hydrogen (secondary N) is 1. The predicted molar refractivity (Wildman–Crippen MR) is 53.5 cm³/mol. The molecule has 1 heterocycles. The number of piperidine rings is 1. The van der Waals surface area contributed by atoms with Gasteiger partial charge >= 0.3 is 0 Å². The van der Waals surface area contributed by atoms with Crippen LogP contribution in [0.5, 0.6) is 0 Å². The van der Waals surface area contributed by atoms with Crippen molar-refractivity contribution in [1.29, 1.82) is 0 Å². The molecule has 1 fully saturated rings. The fourth-order valence-electron chi connectivity index (χ4n) is 1.68. The van der Waals surface area contributed by atoms with Gasteiger partial charge in [-0.05, 0) is 39.8 Å². The van der Waals surface area contributed by atoms with Crippen molar-refractivity contribution in [2.75, 3.05) is 20.6 Å². The number of amides is 1. The summed E-state index contributed by atoms with van der Waals surface area (Å²) in [6.07, 6.45) is 2.96. The lowest BCUT2D eigenvalue weighted by Crippen LogP contribution is -2.38. The van der Waals surface area contributed by atoms with Crippen LogP contribution >= 0.6 is 0 Å². The van der Waals surface area contributed by atoms with E-state index in [1.807, 2.05) is 0 Å². The normalized spacial score (nSPS) is 25.8. The van der Waals surface area contributed by atoms with E-state index in [9.17, 15) is 4.79 Å². The summed E-state index contributed by atoms with van der Waals surface area (Å²) in [5.74, 6) is 0.892. The topological polar surface area (TPSA) is 32.3 Å². The van der Waals surface area contributed by atoms with Crippen LogP contribution in [0.4, 0.5) is 0 Å². The average Bonchev–Trinajstić information content (AvgIpc) is 2.08. The first-order chi connectivity index (χ1) is 6.09. The van der Waals surface area contributed by atoms with Crippen LogP contribution in [0.1, 0.15) is 26.2 Å². The van der Waals surface area contributed by atoms with Gasteiger partial charge in [0.1, 0.15) is 0 Å². The van der Waals surface area contributed by atoms with Gasteiger partial charge in [0.25, 0.3) is 0 Å². The third kappa shape index (κ3) is 3.35. The smallest absolute Gasteiger partial charge is 0.220 e. The maximum Gasteiger partial charge on any atom is 0.220 e. The first kappa shape index (κ1) is 10.5. The lowest BCUT2D eigenvalue weighted by Gasteiger charge is -2.28. The molecule has 13 heavy (non-hydrogen) atoms. The summed E-state index contributed by atoms with van der Waals surface area (Å²) in [6.45, 7) is 3.10. The van der Waals surface area contributed by atoms with Crippen LogP contribution in [-0.4, -0.2) is 37.5 Å². The minimum atomic E-state index is 0.216. The molecule has 3 nitrogen and oxygen atoms in total. The summed E-state index contributed by atoms with van der Waals surface area (Å²) in [4.78, 5) is 13.1. The second-order valence-electron chi connectivity index (χ2n) is 4.26. The molecule has 0 aromatic carbocycles. The van der Waals surface area contributed by atoms with Gasteiger partial charge in [-0.1, -0.05) is 0 Å². The number of carbonyl (C=O) groups excluding carboxylic acids is 1. The fraction of sp³-hybridized carbons (Fsp3) is 0.900. The Kier molecular flexibility index (Phi) is 3.72. The number of nitrogens with zero attached hydrogens (tertiary/aromatic N) is 1. The Hall–Kier alpha value is -0.570. The van der Waals surface area contributed by atoms with Crippen LogP contribution in [-0.2, 0) is 4.79 Å². The minimum absolute atomic E-state index is 0.216. The van der Waals surface area contributed by atoms with E-state index < -0.39 is 0 Å². The first-order valence-corrected chi connectivity index (χ1v) is 5.02. The van der Waals surface area contributed by atoms with Crippen LogP contribution in [0.25, 0.3) is 0 Å². The lowest BCUT2D eigenvalue weighted by molar-refractivity contribution is -0.123. The van der Waals surface area contributed by atoms with Gasteiger partial charge in [-0.2, -0.15) is 0 Å². The summed E-state index contributed by atoms with van der Waals surface area (Å²) in [7, 11) is 4.21. The molecule has 0 spiro atoms. The van der Waals surface area contributed by atoms with Gasteiger partial charge in [-0.3, -0.25) is 4.79 Å². The molecule has 0 aromatic heterocycles. The summed E-state index contributed by atoms with van der Waals surface area (Å²) in [6, 6.07) is 0.611. The molecule has 0 aromatic rings. The molecule has 0 radical (unpaired) electrons. The molecule has 2 atom stereocenters. The van der Waals surface area contributed by atoms with E-state index >= 15 is 0 Å². The van der Waals surface area contributed by atoms with Crippen molar-refractivity contribution in [2.24, 2.45) is 5.92 Å². The molecule has 1 aliphatic rings. The van der Waals surface area contributed by atoms with Crippen molar-refractivity contribution in [2.45, 2.75) is 32.2 Å². The Balaban J connectivity index is 2.26. The molecule has 1 amide bonds. The number of carbonyl (C=O) groups is 1. The Morgan fingerprint density at radius 3 is 2.77 bits per heavy atom. The summed E-state index contributed by atoms with van der Waals surface area (Å²) < 4.78 is 0.